The summed E-state index contributed by atoms with van der Waals surface area (Å²) in [4.78, 5) is 26.4. The first-order valence-electron chi connectivity index (χ1n) is 10.1. The number of para-hydroxylation sites is 1. The molecule has 1 aliphatic rings. The maximum Gasteiger partial charge on any atom is 0.339 e. The van der Waals surface area contributed by atoms with Crippen LogP contribution in [0.5, 0.6) is 0 Å². The molecule has 1 N–H and O–H groups in total. The van der Waals surface area contributed by atoms with E-state index in [1.165, 1.54) is 16.3 Å². The maximum absolute atomic E-state index is 13.1. The van der Waals surface area contributed by atoms with Gasteiger partial charge in [-0.3, -0.25) is 0 Å². The van der Waals surface area contributed by atoms with Gasteiger partial charge in [-0.05, 0) is 36.4 Å². The Balaban J connectivity index is 1.43. The molecular weight excluding hydrogens is 432 g/mol. The lowest BCUT2D eigenvalue weighted by Crippen LogP contribution is -2.51. The highest BCUT2D eigenvalue weighted by molar-refractivity contribution is 7.89. The summed E-state index contributed by atoms with van der Waals surface area (Å²) in [5.41, 5.74) is 1.55. The predicted octanol–water partition coefficient (Wildman–Crippen LogP) is 2.50. The third-order valence-electron chi connectivity index (χ3n) is 5.59. The largest absolute Gasteiger partial charge is 0.465 e. The molecule has 4 rings (SSSR count). The summed E-state index contributed by atoms with van der Waals surface area (Å²) in [6, 6.07) is 13.1. The van der Waals surface area contributed by atoms with Gasteiger partial charge in [0.1, 0.15) is 0 Å². The molecule has 1 fully saturated rings. The summed E-state index contributed by atoms with van der Waals surface area (Å²) >= 11 is 0. The quantitative estimate of drug-likeness (QED) is 0.608. The standard InChI is InChI=1S/C22H24N4O5S/c1-24-10-9-16-15-17(7-8-20(16)24)32(29,30)26-13-11-25(12-14-26)22(28)23-19-6-4-3-5-18(19)21(27)31-2/h3-10,15H,11-14H2,1-2H3,(H,23,28). The molecule has 2 aromatic carbocycles. The summed E-state index contributed by atoms with van der Waals surface area (Å²) in [6.45, 7) is 0.834. The molecule has 168 valence electrons. The van der Waals surface area contributed by atoms with Gasteiger partial charge in [-0.1, -0.05) is 12.1 Å². The monoisotopic (exact) mass is 456 g/mol. The Morgan fingerprint density at radius 1 is 1.00 bits per heavy atom. The number of anilines is 1. The predicted molar refractivity (Wildman–Crippen MR) is 120 cm³/mol. The smallest absolute Gasteiger partial charge is 0.339 e. The topological polar surface area (TPSA) is 101 Å². The molecule has 10 heteroatoms. The van der Waals surface area contributed by atoms with Crippen LogP contribution in [0.25, 0.3) is 10.9 Å². The number of aryl methyl sites for hydroxylation is 1. The number of fused-ring (bicyclic) bond motifs is 1. The Kier molecular flexibility index (Phi) is 5.90. The van der Waals surface area contributed by atoms with E-state index in [2.05, 4.69) is 5.32 Å². The van der Waals surface area contributed by atoms with Crippen LogP contribution in [0.3, 0.4) is 0 Å². The van der Waals surface area contributed by atoms with Gasteiger partial charge in [-0.25, -0.2) is 18.0 Å². The molecule has 2 heterocycles. The van der Waals surface area contributed by atoms with Crippen LogP contribution in [0.2, 0.25) is 0 Å². The summed E-state index contributed by atoms with van der Waals surface area (Å²) in [5.74, 6) is -0.549. The minimum absolute atomic E-state index is 0.182. The van der Waals surface area contributed by atoms with Crippen molar-refractivity contribution in [3.8, 4) is 0 Å². The van der Waals surface area contributed by atoms with Crippen LogP contribution >= 0.6 is 0 Å². The number of carbonyl (C=O) groups excluding carboxylic acids is 2. The van der Waals surface area contributed by atoms with E-state index in [4.69, 9.17) is 4.74 Å². The zero-order valence-electron chi connectivity index (χ0n) is 17.8. The van der Waals surface area contributed by atoms with Crippen LogP contribution in [-0.2, 0) is 21.8 Å². The third-order valence-corrected chi connectivity index (χ3v) is 7.49. The molecule has 0 bridgehead atoms. The van der Waals surface area contributed by atoms with Crippen LogP contribution in [0.15, 0.2) is 59.6 Å². The minimum Gasteiger partial charge on any atom is -0.465 e. The van der Waals surface area contributed by atoms with E-state index in [9.17, 15) is 18.0 Å². The van der Waals surface area contributed by atoms with Gasteiger partial charge in [0.2, 0.25) is 10.0 Å². The van der Waals surface area contributed by atoms with Crippen molar-refractivity contribution in [1.29, 1.82) is 0 Å². The number of aromatic nitrogens is 1. The molecule has 32 heavy (non-hydrogen) atoms. The van der Waals surface area contributed by atoms with Crippen molar-refractivity contribution in [3.63, 3.8) is 0 Å². The number of benzene rings is 2. The van der Waals surface area contributed by atoms with E-state index in [0.29, 0.717) is 5.69 Å². The number of hydrogen-bond donors (Lipinski definition) is 1. The van der Waals surface area contributed by atoms with Crippen molar-refractivity contribution >= 4 is 38.6 Å². The Morgan fingerprint density at radius 3 is 2.44 bits per heavy atom. The molecule has 2 amide bonds. The molecule has 0 radical (unpaired) electrons. The molecule has 0 spiro atoms. The van der Waals surface area contributed by atoms with Crippen LogP contribution in [-0.4, -0.2) is 67.5 Å². The number of ether oxygens (including phenoxy) is 1. The number of hydrogen-bond acceptors (Lipinski definition) is 5. The maximum atomic E-state index is 13.1. The lowest BCUT2D eigenvalue weighted by atomic mass is 10.2. The van der Waals surface area contributed by atoms with Gasteiger partial charge in [0, 0.05) is 50.3 Å². The number of methoxy groups -OCH3 is 1. The summed E-state index contributed by atoms with van der Waals surface area (Å²) in [7, 11) is -0.488. The van der Waals surface area contributed by atoms with Gasteiger partial charge in [0.05, 0.1) is 23.3 Å². The van der Waals surface area contributed by atoms with Gasteiger partial charge in [-0.2, -0.15) is 4.31 Å². The van der Waals surface area contributed by atoms with Crippen molar-refractivity contribution in [2.75, 3.05) is 38.6 Å². The second-order valence-corrected chi connectivity index (χ2v) is 9.44. The molecule has 9 nitrogen and oxygen atoms in total. The number of rotatable bonds is 4. The van der Waals surface area contributed by atoms with Crippen LogP contribution < -0.4 is 5.32 Å². The molecule has 1 aliphatic heterocycles. The van der Waals surface area contributed by atoms with E-state index >= 15 is 0 Å². The van der Waals surface area contributed by atoms with Crippen LogP contribution in [0, 0.1) is 0 Å². The summed E-state index contributed by atoms with van der Waals surface area (Å²) in [5, 5.41) is 3.58. The first kappa shape index (κ1) is 21.8. The summed E-state index contributed by atoms with van der Waals surface area (Å²) < 4.78 is 34.3. The Bertz CT molecular complexity index is 1280. The van der Waals surface area contributed by atoms with Crippen molar-refractivity contribution in [2.24, 2.45) is 7.05 Å². The molecule has 3 aromatic rings. The number of carbonyl (C=O) groups is 2. The van der Waals surface area contributed by atoms with E-state index in [1.807, 2.05) is 23.9 Å². The third kappa shape index (κ3) is 4.06. The highest BCUT2D eigenvalue weighted by Gasteiger charge is 2.30. The Labute approximate surface area is 186 Å². The highest BCUT2D eigenvalue weighted by Crippen LogP contribution is 2.24. The molecule has 0 unspecified atom stereocenters. The molecule has 0 aliphatic carbocycles. The van der Waals surface area contributed by atoms with E-state index in [-0.39, 0.29) is 36.6 Å². The van der Waals surface area contributed by atoms with Gasteiger partial charge in [-0.15, -0.1) is 0 Å². The second-order valence-electron chi connectivity index (χ2n) is 7.51. The lowest BCUT2D eigenvalue weighted by molar-refractivity contribution is 0.0602. The fraction of sp³-hybridized carbons (Fsp3) is 0.273. The number of urea groups is 1. The number of esters is 1. The number of piperazine rings is 1. The van der Waals surface area contributed by atoms with Crippen molar-refractivity contribution in [2.45, 2.75) is 4.90 Å². The van der Waals surface area contributed by atoms with Gasteiger partial charge in [0.15, 0.2) is 0 Å². The zero-order valence-corrected chi connectivity index (χ0v) is 18.6. The van der Waals surface area contributed by atoms with Crippen LogP contribution in [0.1, 0.15) is 10.4 Å². The lowest BCUT2D eigenvalue weighted by Gasteiger charge is -2.34. The first-order valence-corrected chi connectivity index (χ1v) is 11.5. The molecule has 0 atom stereocenters. The number of nitrogens with zero attached hydrogens (tertiary/aromatic N) is 3. The average Bonchev–Trinajstić information content (AvgIpc) is 3.19. The highest BCUT2D eigenvalue weighted by atomic mass is 32.2. The average molecular weight is 457 g/mol. The zero-order chi connectivity index (χ0) is 22.9. The molecule has 1 aromatic heterocycles. The van der Waals surface area contributed by atoms with Crippen LogP contribution in [0.4, 0.5) is 10.5 Å². The number of nitrogens with one attached hydrogen (secondary N) is 1. The SMILES string of the molecule is COC(=O)c1ccccc1NC(=O)N1CCN(S(=O)(=O)c2ccc3c(ccn3C)c2)CC1. The number of sulfonamides is 1. The van der Waals surface area contributed by atoms with E-state index in [1.54, 1.807) is 42.5 Å². The number of amides is 2. The first-order chi connectivity index (χ1) is 15.3. The molecular formula is C22H24N4O5S. The van der Waals surface area contributed by atoms with Gasteiger partial charge in [0.25, 0.3) is 0 Å². The Morgan fingerprint density at radius 2 is 1.72 bits per heavy atom. The molecule has 1 saturated heterocycles. The fourth-order valence-corrected chi connectivity index (χ4v) is 5.23. The van der Waals surface area contributed by atoms with Crippen molar-refractivity contribution in [3.05, 3.63) is 60.3 Å². The van der Waals surface area contributed by atoms with E-state index in [0.717, 1.165) is 10.9 Å². The van der Waals surface area contributed by atoms with E-state index < -0.39 is 22.0 Å². The van der Waals surface area contributed by atoms with Gasteiger partial charge < -0.3 is 19.5 Å². The summed E-state index contributed by atoms with van der Waals surface area (Å²) in [6.07, 6.45) is 1.89. The fourth-order valence-electron chi connectivity index (χ4n) is 3.78. The van der Waals surface area contributed by atoms with Crippen molar-refractivity contribution < 1.29 is 22.7 Å². The molecule has 0 saturated carbocycles. The van der Waals surface area contributed by atoms with Crippen molar-refractivity contribution in [1.82, 2.24) is 13.8 Å². The van der Waals surface area contributed by atoms with Gasteiger partial charge >= 0.3 is 12.0 Å². The second kappa shape index (κ2) is 8.64. The Hall–Kier alpha value is -3.37. The normalized spacial score (nSPS) is 15.0. The minimum atomic E-state index is -3.67.